The van der Waals surface area contributed by atoms with E-state index in [1.165, 1.54) is 12.0 Å². The highest BCUT2D eigenvalue weighted by Crippen LogP contribution is 2.38. The molecule has 1 saturated heterocycles. The van der Waals surface area contributed by atoms with Gasteiger partial charge < -0.3 is 15.0 Å². The minimum Gasteiger partial charge on any atom is -0.465 e. The van der Waals surface area contributed by atoms with E-state index in [4.69, 9.17) is 4.74 Å². The Hall–Kier alpha value is -1.40. The fraction of sp³-hybridized carbons (Fsp3) is 0.667. The first-order valence-corrected chi connectivity index (χ1v) is 9.61. The van der Waals surface area contributed by atoms with Crippen molar-refractivity contribution in [1.29, 1.82) is 0 Å². The second-order valence-corrected chi connectivity index (χ2v) is 8.01. The largest absolute Gasteiger partial charge is 0.465 e. The molecule has 0 saturated carbocycles. The van der Waals surface area contributed by atoms with E-state index in [0.717, 1.165) is 57.2 Å². The van der Waals surface area contributed by atoms with Crippen LogP contribution >= 0.6 is 11.3 Å². The van der Waals surface area contributed by atoms with Gasteiger partial charge in [-0.05, 0) is 70.1 Å². The van der Waals surface area contributed by atoms with Crippen LogP contribution in [0.4, 0.5) is 5.00 Å². The highest BCUT2D eigenvalue weighted by Gasteiger charge is 2.27. The molecule has 0 spiro atoms. The number of fused-ring (bicyclic) bond motifs is 1. The molecule has 0 radical (unpaired) electrons. The van der Waals surface area contributed by atoms with Gasteiger partial charge in [0.2, 0.25) is 5.91 Å². The third-order valence-electron chi connectivity index (χ3n) is 5.13. The number of hydrogen-bond donors (Lipinski definition) is 1. The number of methoxy groups -OCH3 is 1. The van der Waals surface area contributed by atoms with E-state index in [0.29, 0.717) is 22.9 Å². The summed E-state index contributed by atoms with van der Waals surface area (Å²) in [5.41, 5.74) is 1.68. The van der Waals surface area contributed by atoms with Crippen molar-refractivity contribution in [2.75, 3.05) is 32.6 Å². The summed E-state index contributed by atoms with van der Waals surface area (Å²) < 4.78 is 4.96. The molecule has 2 aliphatic rings. The average molecular weight is 350 g/mol. The van der Waals surface area contributed by atoms with Gasteiger partial charge in [0.15, 0.2) is 0 Å². The van der Waals surface area contributed by atoms with Gasteiger partial charge in [-0.15, -0.1) is 11.3 Å². The third kappa shape index (κ3) is 3.81. The number of esters is 1. The van der Waals surface area contributed by atoms with Gasteiger partial charge in [0.1, 0.15) is 5.00 Å². The van der Waals surface area contributed by atoms with Crippen LogP contribution in [0.5, 0.6) is 0 Å². The van der Waals surface area contributed by atoms with Crippen LogP contribution in [0.2, 0.25) is 0 Å². The summed E-state index contributed by atoms with van der Waals surface area (Å²) in [6, 6.07) is 0. The summed E-state index contributed by atoms with van der Waals surface area (Å²) >= 11 is 1.56. The zero-order valence-electron chi connectivity index (χ0n) is 14.5. The van der Waals surface area contributed by atoms with E-state index < -0.39 is 0 Å². The monoisotopic (exact) mass is 350 g/mol. The van der Waals surface area contributed by atoms with Crippen LogP contribution < -0.4 is 5.32 Å². The number of aryl methyl sites for hydroxylation is 1. The summed E-state index contributed by atoms with van der Waals surface area (Å²) in [5.74, 6) is 0.134. The summed E-state index contributed by atoms with van der Waals surface area (Å²) in [6.07, 6.45) is 6.81. The molecule has 132 valence electrons. The molecule has 1 fully saturated rings. The SMILES string of the molecule is COC(=O)c1c(NC(=O)CC2CCN(C)CC2)sc2c1CCCC2. The number of likely N-dealkylation sites (tertiary alicyclic amines) is 1. The number of hydrogen-bond acceptors (Lipinski definition) is 5. The third-order valence-corrected chi connectivity index (χ3v) is 6.33. The molecular formula is C18H26N2O3S. The first-order valence-electron chi connectivity index (χ1n) is 8.79. The lowest BCUT2D eigenvalue weighted by Crippen LogP contribution is -2.32. The fourth-order valence-corrected chi connectivity index (χ4v) is 4.97. The van der Waals surface area contributed by atoms with E-state index in [-0.39, 0.29) is 11.9 Å². The van der Waals surface area contributed by atoms with Gasteiger partial charge in [0, 0.05) is 11.3 Å². The molecule has 1 aromatic rings. The van der Waals surface area contributed by atoms with Crippen LogP contribution in [-0.2, 0) is 22.4 Å². The highest BCUT2D eigenvalue weighted by molar-refractivity contribution is 7.17. The summed E-state index contributed by atoms with van der Waals surface area (Å²) in [4.78, 5) is 28.2. The lowest BCUT2D eigenvalue weighted by Gasteiger charge is -2.28. The van der Waals surface area contributed by atoms with E-state index in [1.807, 2.05) is 0 Å². The van der Waals surface area contributed by atoms with Crippen LogP contribution in [0, 0.1) is 5.92 Å². The lowest BCUT2D eigenvalue weighted by atomic mass is 9.93. The Bertz CT molecular complexity index is 618. The molecule has 0 aromatic carbocycles. The maximum atomic E-state index is 12.5. The van der Waals surface area contributed by atoms with Crippen LogP contribution in [-0.4, -0.2) is 44.0 Å². The van der Waals surface area contributed by atoms with E-state index in [2.05, 4.69) is 17.3 Å². The number of piperidine rings is 1. The first-order chi connectivity index (χ1) is 11.6. The normalized spacial score (nSPS) is 18.9. The Morgan fingerprint density at radius 2 is 1.96 bits per heavy atom. The maximum absolute atomic E-state index is 12.5. The summed E-state index contributed by atoms with van der Waals surface area (Å²) in [7, 11) is 3.52. The molecule has 0 atom stereocenters. The van der Waals surface area contributed by atoms with Crippen molar-refractivity contribution < 1.29 is 14.3 Å². The van der Waals surface area contributed by atoms with Gasteiger partial charge in [-0.1, -0.05) is 0 Å². The Morgan fingerprint density at radius 3 is 2.67 bits per heavy atom. The van der Waals surface area contributed by atoms with Crippen LogP contribution in [0.25, 0.3) is 0 Å². The molecule has 6 heteroatoms. The van der Waals surface area contributed by atoms with Crippen molar-refractivity contribution in [2.45, 2.75) is 44.9 Å². The van der Waals surface area contributed by atoms with Crippen molar-refractivity contribution in [3.63, 3.8) is 0 Å². The molecule has 24 heavy (non-hydrogen) atoms. The number of rotatable bonds is 4. The predicted molar refractivity (Wildman–Crippen MR) is 95.8 cm³/mol. The predicted octanol–water partition coefficient (Wildman–Crippen LogP) is 3.08. The van der Waals surface area contributed by atoms with E-state index in [9.17, 15) is 9.59 Å². The van der Waals surface area contributed by atoms with Crippen molar-refractivity contribution in [3.8, 4) is 0 Å². The Kier molecular flexibility index (Phi) is 5.56. The van der Waals surface area contributed by atoms with E-state index in [1.54, 1.807) is 11.3 Å². The number of carbonyl (C=O) groups excluding carboxylic acids is 2. The second kappa shape index (κ2) is 7.66. The topological polar surface area (TPSA) is 58.6 Å². The zero-order chi connectivity index (χ0) is 17.1. The van der Waals surface area contributed by atoms with Crippen LogP contribution in [0.1, 0.15) is 52.9 Å². The number of ether oxygens (including phenoxy) is 1. The quantitative estimate of drug-likeness (QED) is 0.848. The zero-order valence-corrected chi connectivity index (χ0v) is 15.3. The molecule has 0 bridgehead atoms. The minimum absolute atomic E-state index is 0.0216. The Balaban J connectivity index is 1.71. The standard InChI is InChI=1S/C18H26N2O3S/c1-20-9-7-12(8-10-20)11-15(21)19-17-16(18(22)23-2)13-5-3-4-6-14(13)24-17/h12H,3-11H2,1-2H3,(H,19,21). The smallest absolute Gasteiger partial charge is 0.341 e. The molecule has 5 nitrogen and oxygen atoms in total. The van der Waals surface area contributed by atoms with Gasteiger partial charge in [0.05, 0.1) is 12.7 Å². The van der Waals surface area contributed by atoms with Gasteiger partial charge in [0.25, 0.3) is 0 Å². The van der Waals surface area contributed by atoms with Crippen molar-refractivity contribution in [3.05, 3.63) is 16.0 Å². The average Bonchev–Trinajstić information content (AvgIpc) is 2.94. The minimum atomic E-state index is -0.330. The van der Waals surface area contributed by atoms with E-state index >= 15 is 0 Å². The molecule has 3 rings (SSSR count). The molecule has 1 aromatic heterocycles. The lowest BCUT2D eigenvalue weighted by molar-refractivity contribution is -0.117. The first kappa shape index (κ1) is 17.4. The van der Waals surface area contributed by atoms with Crippen molar-refractivity contribution in [1.82, 2.24) is 4.90 Å². The number of anilines is 1. The molecule has 1 aliphatic heterocycles. The number of thiophene rings is 1. The molecule has 2 heterocycles. The molecule has 1 amide bonds. The molecule has 1 N–H and O–H groups in total. The fourth-order valence-electron chi connectivity index (χ4n) is 3.68. The van der Waals surface area contributed by atoms with Crippen LogP contribution in [0.15, 0.2) is 0 Å². The molecule has 0 unspecified atom stereocenters. The Morgan fingerprint density at radius 1 is 1.25 bits per heavy atom. The van der Waals surface area contributed by atoms with Gasteiger partial charge >= 0.3 is 5.97 Å². The van der Waals surface area contributed by atoms with Crippen molar-refractivity contribution in [2.24, 2.45) is 5.92 Å². The molecular weight excluding hydrogens is 324 g/mol. The van der Waals surface area contributed by atoms with Gasteiger partial charge in [-0.25, -0.2) is 4.79 Å². The van der Waals surface area contributed by atoms with Crippen molar-refractivity contribution >= 4 is 28.2 Å². The number of carbonyl (C=O) groups is 2. The highest BCUT2D eigenvalue weighted by atomic mass is 32.1. The maximum Gasteiger partial charge on any atom is 0.341 e. The Labute approximate surface area is 147 Å². The van der Waals surface area contributed by atoms with Gasteiger partial charge in [-0.2, -0.15) is 0 Å². The summed E-state index contributed by atoms with van der Waals surface area (Å²) in [6.45, 7) is 2.11. The van der Waals surface area contributed by atoms with Gasteiger partial charge in [-0.3, -0.25) is 4.79 Å². The summed E-state index contributed by atoms with van der Waals surface area (Å²) in [5, 5.41) is 3.69. The van der Waals surface area contributed by atoms with Crippen LogP contribution in [0.3, 0.4) is 0 Å². The number of amides is 1. The number of nitrogens with one attached hydrogen (secondary N) is 1. The number of nitrogens with zero attached hydrogens (tertiary/aromatic N) is 1. The molecule has 1 aliphatic carbocycles. The second-order valence-electron chi connectivity index (χ2n) is 6.91.